The fourth-order valence-electron chi connectivity index (χ4n) is 0.667. The number of nitrogens with zero attached hydrogens (tertiary/aromatic N) is 2. The molecule has 0 aliphatic rings. The molecular weight excluding hydrogens is 220 g/mol. The van der Waals surface area contributed by atoms with Crippen LogP contribution in [0.3, 0.4) is 0 Å². The molecule has 0 aliphatic carbocycles. The zero-order chi connectivity index (χ0) is 9.19. The predicted molar refractivity (Wildman–Crippen MR) is 50.1 cm³/mol. The molecule has 1 aromatic rings. The lowest BCUT2D eigenvalue weighted by Gasteiger charge is -2.19. The number of halogens is 1. The molecule has 0 saturated carbocycles. The second-order valence-electron chi connectivity index (χ2n) is 3.39. The molecule has 4 heteroatoms. The number of hydrogen-bond donors (Lipinski definition) is 0. The molecule has 0 aromatic carbocycles. The van der Waals surface area contributed by atoms with Crippen molar-refractivity contribution < 1.29 is 4.74 Å². The zero-order valence-corrected chi connectivity index (χ0v) is 8.92. The van der Waals surface area contributed by atoms with E-state index in [4.69, 9.17) is 4.74 Å². The summed E-state index contributed by atoms with van der Waals surface area (Å²) in [5.74, 6) is 0.547. The lowest BCUT2D eigenvalue weighted by molar-refractivity contribution is 0.123. The molecule has 66 valence electrons. The molecule has 1 aromatic heterocycles. The van der Waals surface area contributed by atoms with Gasteiger partial charge < -0.3 is 4.74 Å². The van der Waals surface area contributed by atoms with Crippen molar-refractivity contribution in [3.63, 3.8) is 0 Å². The van der Waals surface area contributed by atoms with Crippen LogP contribution in [0, 0.1) is 0 Å². The van der Waals surface area contributed by atoms with Crippen LogP contribution in [0.15, 0.2) is 17.0 Å². The van der Waals surface area contributed by atoms with Gasteiger partial charge in [0.1, 0.15) is 10.2 Å². The Balaban J connectivity index is 2.71. The second-order valence-corrected chi connectivity index (χ2v) is 4.20. The first-order chi connectivity index (χ1) is 5.47. The zero-order valence-electron chi connectivity index (χ0n) is 7.34. The Morgan fingerprint density at radius 3 is 2.33 bits per heavy atom. The van der Waals surface area contributed by atoms with E-state index in [1.165, 1.54) is 0 Å². The van der Waals surface area contributed by atoms with Crippen LogP contribution in [0.4, 0.5) is 0 Å². The van der Waals surface area contributed by atoms with Crippen LogP contribution < -0.4 is 4.74 Å². The normalized spacial score (nSPS) is 11.3. The van der Waals surface area contributed by atoms with E-state index in [0.29, 0.717) is 10.5 Å². The minimum atomic E-state index is -0.220. The standard InChI is InChI=1S/C8H11BrN2O/c1-8(2,3)12-7-5-10-6(9)4-11-7/h4-5H,1-3H3. The summed E-state index contributed by atoms with van der Waals surface area (Å²) in [4.78, 5) is 8.02. The summed E-state index contributed by atoms with van der Waals surface area (Å²) in [6.45, 7) is 5.91. The Kier molecular flexibility index (Phi) is 2.67. The van der Waals surface area contributed by atoms with Gasteiger partial charge in [-0.2, -0.15) is 0 Å². The summed E-state index contributed by atoms with van der Waals surface area (Å²) in [6, 6.07) is 0. The van der Waals surface area contributed by atoms with Crippen molar-refractivity contribution in [3.8, 4) is 5.88 Å². The highest BCUT2D eigenvalue weighted by atomic mass is 79.9. The Morgan fingerprint density at radius 2 is 1.92 bits per heavy atom. The first-order valence-electron chi connectivity index (χ1n) is 3.64. The van der Waals surface area contributed by atoms with Gasteiger partial charge in [-0.3, -0.25) is 0 Å². The van der Waals surface area contributed by atoms with Crippen LogP contribution in [0.5, 0.6) is 5.88 Å². The van der Waals surface area contributed by atoms with Crippen LogP contribution in [0.2, 0.25) is 0 Å². The van der Waals surface area contributed by atoms with Crippen LogP contribution in [0.25, 0.3) is 0 Å². The number of rotatable bonds is 1. The molecule has 1 heterocycles. The van der Waals surface area contributed by atoms with Gasteiger partial charge in [0.05, 0.1) is 12.4 Å². The van der Waals surface area contributed by atoms with Crippen molar-refractivity contribution in [1.29, 1.82) is 0 Å². The van der Waals surface area contributed by atoms with E-state index in [9.17, 15) is 0 Å². The van der Waals surface area contributed by atoms with Gasteiger partial charge >= 0.3 is 0 Å². The average Bonchev–Trinajstić information content (AvgIpc) is 1.91. The smallest absolute Gasteiger partial charge is 0.232 e. The summed E-state index contributed by atoms with van der Waals surface area (Å²) in [5.41, 5.74) is -0.220. The highest BCUT2D eigenvalue weighted by Crippen LogP contribution is 2.14. The predicted octanol–water partition coefficient (Wildman–Crippen LogP) is 2.42. The maximum Gasteiger partial charge on any atom is 0.232 e. The van der Waals surface area contributed by atoms with Crippen molar-refractivity contribution >= 4 is 15.9 Å². The van der Waals surface area contributed by atoms with Gasteiger partial charge in [-0.25, -0.2) is 9.97 Å². The van der Waals surface area contributed by atoms with Gasteiger partial charge in [-0.15, -0.1) is 0 Å². The fraction of sp³-hybridized carbons (Fsp3) is 0.500. The first-order valence-corrected chi connectivity index (χ1v) is 4.43. The molecule has 0 radical (unpaired) electrons. The summed E-state index contributed by atoms with van der Waals surface area (Å²) >= 11 is 3.20. The molecule has 0 fully saturated rings. The highest BCUT2D eigenvalue weighted by Gasteiger charge is 2.12. The topological polar surface area (TPSA) is 35.0 Å². The lowest BCUT2D eigenvalue weighted by Crippen LogP contribution is -2.23. The molecule has 0 bridgehead atoms. The third kappa shape index (κ3) is 3.17. The third-order valence-electron chi connectivity index (χ3n) is 1.01. The molecule has 12 heavy (non-hydrogen) atoms. The van der Waals surface area contributed by atoms with Gasteiger partial charge in [-0.05, 0) is 36.7 Å². The monoisotopic (exact) mass is 230 g/mol. The largest absolute Gasteiger partial charge is 0.471 e. The van der Waals surface area contributed by atoms with Crippen LogP contribution in [-0.2, 0) is 0 Å². The Labute approximate surface area is 80.3 Å². The highest BCUT2D eigenvalue weighted by molar-refractivity contribution is 9.10. The first kappa shape index (κ1) is 9.45. The summed E-state index contributed by atoms with van der Waals surface area (Å²) in [5, 5.41) is 0. The van der Waals surface area contributed by atoms with Crippen LogP contribution in [-0.4, -0.2) is 15.6 Å². The Hall–Kier alpha value is -0.640. The van der Waals surface area contributed by atoms with Crippen molar-refractivity contribution in [3.05, 3.63) is 17.0 Å². The van der Waals surface area contributed by atoms with E-state index >= 15 is 0 Å². The van der Waals surface area contributed by atoms with Gasteiger partial charge in [0.15, 0.2) is 0 Å². The third-order valence-corrected chi connectivity index (χ3v) is 1.42. The van der Waals surface area contributed by atoms with Gasteiger partial charge in [0.25, 0.3) is 0 Å². The number of aromatic nitrogens is 2. The Bertz CT molecular complexity index is 253. The van der Waals surface area contributed by atoms with E-state index in [2.05, 4.69) is 25.9 Å². The molecule has 0 unspecified atom stereocenters. The van der Waals surface area contributed by atoms with Crippen LogP contribution in [0.1, 0.15) is 20.8 Å². The number of ether oxygens (including phenoxy) is 1. The minimum Gasteiger partial charge on any atom is -0.471 e. The van der Waals surface area contributed by atoms with E-state index < -0.39 is 0 Å². The SMILES string of the molecule is CC(C)(C)Oc1cnc(Br)cn1. The van der Waals surface area contributed by atoms with Gasteiger partial charge in [0, 0.05) is 0 Å². The lowest BCUT2D eigenvalue weighted by atomic mass is 10.2. The molecule has 1 rings (SSSR count). The Morgan fingerprint density at radius 1 is 1.25 bits per heavy atom. The molecule has 0 N–H and O–H groups in total. The quantitative estimate of drug-likeness (QED) is 0.744. The van der Waals surface area contributed by atoms with Crippen molar-refractivity contribution in [2.24, 2.45) is 0 Å². The number of hydrogen-bond acceptors (Lipinski definition) is 3. The molecule has 0 amide bonds. The molecular formula is C8H11BrN2O. The summed E-state index contributed by atoms with van der Waals surface area (Å²) in [6.07, 6.45) is 3.20. The molecule has 0 spiro atoms. The van der Waals surface area contributed by atoms with Crippen molar-refractivity contribution in [2.75, 3.05) is 0 Å². The summed E-state index contributed by atoms with van der Waals surface area (Å²) < 4.78 is 6.17. The molecule has 0 saturated heterocycles. The van der Waals surface area contributed by atoms with Crippen LogP contribution >= 0.6 is 15.9 Å². The molecule has 3 nitrogen and oxygen atoms in total. The van der Waals surface area contributed by atoms with Crippen molar-refractivity contribution in [2.45, 2.75) is 26.4 Å². The van der Waals surface area contributed by atoms with E-state index in [0.717, 1.165) is 0 Å². The van der Waals surface area contributed by atoms with Gasteiger partial charge in [0.2, 0.25) is 5.88 Å². The minimum absolute atomic E-state index is 0.220. The molecule has 0 atom stereocenters. The van der Waals surface area contributed by atoms with E-state index in [1.54, 1.807) is 12.4 Å². The average molecular weight is 231 g/mol. The maximum atomic E-state index is 5.46. The maximum absolute atomic E-state index is 5.46. The second kappa shape index (κ2) is 3.39. The van der Waals surface area contributed by atoms with E-state index in [1.807, 2.05) is 20.8 Å². The fourth-order valence-corrected chi connectivity index (χ4v) is 0.872. The van der Waals surface area contributed by atoms with Gasteiger partial charge in [-0.1, -0.05) is 0 Å². The van der Waals surface area contributed by atoms with Crippen molar-refractivity contribution in [1.82, 2.24) is 9.97 Å². The summed E-state index contributed by atoms with van der Waals surface area (Å²) in [7, 11) is 0. The molecule has 0 aliphatic heterocycles. The van der Waals surface area contributed by atoms with E-state index in [-0.39, 0.29) is 5.60 Å².